The van der Waals surface area contributed by atoms with Crippen molar-refractivity contribution in [2.75, 3.05) is 19.8 Å². The molecule has 1 aliphatic rings. The third-order valence-corrected chi connectivity index (χ3v) is 4.72. The van der Waals surface area contributed by atoms with Crippen molar-refractivity contribution in [3.63, 3.8) is 0 Å². The number of nitrogens with two attached hydrogens (primary N) is 1. The van der Waals surface area contributed by atoms with Gasteiger partial charge in [-0.1, -0.05) is 11.6 Å². The van der Waals surface area contributed by atoms with Crippen molar-refractivity contribution < 1.29 is 4.74 Å². The molecule has 2 heterocycles. The highest BCUT2D eigenvalue weighted by atomic mass is 35.5. The molecule has 0 amide bonds. The number of hydrogen-bond donors (Lipinski definition) is 1. The second-order valence-electron chi connectivity index (χ2n) is 6.13. The minimum absolute atomic E-state index is 0.0893. The van der Waals surface area contributed by atoms with Gasteiger partial charge in [0, 0.05) is 36.2 Å². The molecule has 3 rings (SSSR count). The summed E-state index contributed by atoms with van der Waals surface area (Å²) in [5.74, 6) is 1.08. The van der Waals surface area contributed by atoms with E-state index in [0.717, 1.165) is 47.9 Å². The molecule has 2 N–H and O–H groups in total. The van der Waals surface area contributed by atoms with Gasteiger partial charge < -0.3 is 15.0 Å². The lowest BCUT2D eigenvalue weighted by atomic mass is 9.79. The number of imidazole rings is 1. The van der Waals surface area contributed by atoms with Gasteiger partial charge in [-0.3, -0.25) is 0 Å². The van der Waals surface area contributed by atoms with Crippen molar-refractivity contribution in [1.82, 2.24) is 9.55 Å². The number of aromatic nitrogens is 2. The van der Waals surface area contributed by atoms with Crippen LogP contribution >= 0.6 is 11.6 Å². The van der Waals surface area contributed by atoms with Crippen LogP contribution in [-0.4, -0.2) is 29.3 Å². The van der Waals surface area contributed by atoms with Crippen LogP contribution in [0.4, 0.5) is 0 Å². The fraction of sp³-hybridized carbons (Fsp3) is 0.562. The van der Waals surface area contributed by atoms with E-state index in [1.807, 2.05) is 18.2 Å². The molecular weight excluding hydrogens is 286 g/mol. The van der Waals surface area contributed by atoms with Gasteiger partial charge in [-0.25, -0.2) is 4.98 Å². The first kappa shape index (κ1) is 14.8. The third kappa shape index (κ3) is 2.45. The molecular formula is C16H22ClN3O. The Morgan fingerprint density at radius 2 is 2.10 bits per heavy atom. The van der Waals surface area contributed by atoms with Gasteiger partial charge in [0.15, 0.2) is 0 Å². The van der Waals surface area contributed by atoms with Crippen LogP contribution in [0.3, 0.4) is 0 Å². The van der Waals surface area contributed by atoms with E-state index < -0.39 is 0 Å². The van der Waals surface area contributed by atoms with Gasteiger partial charge in [0.05, 0.1) is 11.0 Å². The van der Waals surface area contributed by atoms with Crippen LogP contribution in [0, 0.1) is 0 Å². The molecule has 1 aromatic heterocycles. The molecule has 1 saturated heterocycles. The van der Waals surface area contributed by atoms with E-state index in [1.54, 1.807) is 0 Å². The van der Waals surface area contributed by atoms with Gasteiger partial charge in [-0.05, 0) is 44.9 Å². The first-order valence-corrected chi connectivity index (χ1v) is 7.91. The zero-order valence-corrected chi connectivity index (χ0v) is 13.4. The Hall–Kier alpha value is -1.10. The molecule has 21 heavy (non-hydrogen) atoms. The third-order valence-electron chi connectivity index (χ3n) is 4.48. The van der Waals surface area contributed by atoms with Crippen molar-refractivity contribution in [3.05, 3.63) is 29.0 Å². The summed E-state index contributed by atoms with van der Waals surface area (Å²) in [6.45, 7) is 6.45. The number of halogens is 1. The summed E-state index contributed by atoms with van der Waals surface area (Å²) >= 11 is 6.17. The highest BCUT2D eigenvalue weighted by Gasteiger charge is 2.38. The summed E-state index contributed by atoms with van der Waals surface area (Å²) in [7, 11) is 0. The van der Waals surface area contributed by atoms with E-state index in [1.165, 1.54) is 0 Å². The monoisotopic (exact) mass is 307 g/mol. The minimum atomic E-state index is -0.0893. The molecule has 1 aliphatic heterocycles. The van der Waals surface area contributed by atoms with Crippen LogP contribution in [0.25, 0.3) is 11.0 Å². The maximum absolute atomic E-state index is 6.17. The molecule has 0 aliphatic carbocycles. The fourth-order valence-corrected chi connectivity index (χ4v) is 3.41. The fourth-order valence-electron chi connectivity index (χ4n) is 3.24. The van der Waals surface area contributed by atoms with E-state index in [9.17, 15) is 0 Å². The van der Waals surface area contributed by atoms with Crippen molar-refractivity contribution in [3.8, 4) is 0 Å². The second-order valence-corrected chi connectivity index (χ2v) is 6.57. The first-order chi connectivity index (χ1) is 10.1. The van der Waals surface area contributed by atoms with Crippen LogP contribution in [-0.2, 0) is 10.2 Å². The molecule has 1 aromatic carbocycles. The summed E-state index contributed by atoms with van der Waals surface area (Å²) < 4.78 is 7.82. The number of rotatable bonds is 3. The normalized spacial score (nSPS) is 18.5. The SMILES string of the molecule is CC(C)n1c(C2(CN)CCOCC2)nc2ccc(Cl)cc21. The molecule has 114 valence electrons. The largest absolute Gasteiger partial charge is 0.381 e. The second kappa shape index (κ2) is 5.59. The Morgan fingerprint density at radius 3 is 2.71 bits per heavy atom. The highest BCUT2D eigenvalue weighted by molar-refractivity contribution is 6.31. The van der Waals surface area contributed by atoms with Crippen molar-refractivity contribution >= 4 is 22.6 Å². The van der Waals surface area contributed by atoms with Crippen LogP contribution in [0.2, 0.25) is 5.02 Å². The van der Waals surface area contributed by atoms with Gasteiger partial charge in [0.2, 0.25) is 0 Å². The van der Waals surface area contributed by atoms with E-state index in [2.05, 4.69) is 18.4 Å². The minimum Gasteiger partial charge on any atom is -0.381 e. The molecule has 0 saturated carbocycles. The number of ether oxygens (including phenoxy) is 1. The van der Waals surface area contributed by atoms with Gasteiger partial charge in [0.25, 0.3) is 0 Å². The topological polar surface area (TPSA) is 53.1 Å². The van der Waals surface area contributed by atoms with E-state index >= 15 is 0 Å². The predicted molar refractivity (Wildman–Crippen MR) is 85.9 cm³/mol. The summed E-state index contributed by atoms with van der Waals surface area (Å²) in [6.07, 6.45) is 1.85. The lowest BCUT2D eigenvalue weighted by Gasteiger charge is -2.36. The van der Waals surface area contributed by atoms with E-state index in [-0.39, 0.29) is 5.41 Å². The number of fused-ring (bicyclic) bond motifs is 1. The molecule has 2 aromatic rings. The van der Waals surface area contributed by atoms with Crippen LogP contribution < -0.4 is 5.73 Å². The summed E-state index contributed by atoms with van der Waals surface area (Å²) in [5, 5.41) is 0.740. The molecule has 0 atom stereocenters. The summed E-state index contributed by atoms with van der Waals surface area (Å²) in [4.78, 5) is 4.91. The molecule has 5 heteroatoms. The lowest BCUT2D eigenvalue weighted by Crippen LogP contribution is -2.43. The lowest BCUT2D eigenvalue weighted by molar-refractivity contribution is 0.0485. The van der Waals surface area contributed by atoms with Gasteiger partial charge >= 0.3 is 0 Å². The van der Waals surface area contributed by atoms with Gasteiger partial charge in [-0.15, -0.1) is 0 Å². The molecule has 0 bridgehead atoms. The molecule has 0 spiro atoms. The summed E-state index contributed by atoms with van der Waals surface area (Å²) in [5.41, 5.74) is 8.14. The predicted octanol–water partition coefficient (Wildman–Crippen LogP) is 3.28. The Bertz CT molecular complexity index is 644. The Balaban J connectivity index is 2.23. The smallest absolute Gasteiger partial charge is 0.117 e. The number of benzene rings is 1. The molecule has 0 radical (unpaired) electrons. The highest BCUT2D eigenvalue weighted by Crippen LogP contribution is 2.37. The van der Waals surface area contributed by atoms with Crippen molar-refractivity contribution in [2.24, 2.45) is 5.73 Å². The number of nitrogens with zero attached hydrogens (tertiary/aromatic N) is 2. The average molecular weight is 308 g/mol. The molecule has 1 fully saturated rings. The zero-order chi connectivity index (χ0) is 15.0. The Morgan fingerprint density at radius 1 is 1.38 bits per heavy atom. The Kier molecular flexibility index (Phi) is 3.95. The molecule has 0 unspecified atom stereocenters. The van der Waals surface area contributed by atoms with Crippen molar-refractivity contribution in [2.45, 2.75) is 38.1 Å². The molecule has 4 nitrogen and oxygen atoms in total. The van der Waals surface area contributed by atoms with E-state index in [0.29, 0.717) is 12.6 Å². The van der Waals surface area contributed by atoms with Crippen LogP contribution in [0.15, 0.2) is 18.2 Å². The van der Waals surface area contributed by atoms with Crippen LogP contribution in [0.5, 0.6) is 0 Å². The summed E-state index contributed by atoms with van der Waals surface area (Å²) in [6, 6.07) is 6.19. The van der Waals surface area contributed by atoms with E-state index in [4.69, 9.17) is 27.1 Å². The van der Waals surface area contributed by atoms with Gasteiger partial charge in [0.1, 0.15) is 5.82 Å². The number of hydrogen-bond acceptors (Lipinski definition) is 3. The zero-order valence-electron chi connectivity index (χ0n) is 12.6. The first-order valence-electron chi connectivity index (χ1n) is 7.53. The van der Waals surface area contributed by atoms with Crippen LogP contribution in [0.1, 0.15) is 38.6 Å². The Labute approximate surface area is 130 Å². The van der Waals surface area contributed by atoms with Gasteiger partial charge in [-0.2, -0.15) is 0 Å². The maximum atomic E-state index is 6.17. The average Bonchev–Trinajstić information content (AvgIpc) is 2.87. The quantitative estimate of drug-likeness (QED) is 0.947. The maximum Gasteiger partial charge on any atom is 0.117 e. The van der Waals surface area contributed by atoms with Crippen molar-refractivity contribution in [1.29, 1.82) is 0 Å². The standard InChI is InChI=1S/C16H22ClN3O/c1-11(2)20-14-9-12(17)3-4-13(14)19-15(20)16(10-18)5-7-21-8-6-16/h3-4,9,11H,5-8,10,18H2,1-2H3.